The normalized spacial score (nSPS) is 23.3. The first-order valence-corrected chi connectivity index (χ1v) is 9.90. The van der Waals surface area contributed by atoms with Crippen LogP contribution in [0.4, 0.5) is 4.39 Å². The summed E-state index contributed by atoms with van der Waals surface area (Å²) >= 11 is 23.8. The summed E-state index contributed by atoms with van der Waals surface area (Å²) in [7, 11) is 0. The molecule has 0 aromatic heterocycles. The first kappa shape index (κ1) is 23.1. The van der Waals surface area contributed by atoms with Gasteiger partial charge in [0.1, 0.15) is 0 Å². The van der Waals surface area contributed by atoms with Crippen molar-refractivity contribution in [2.24, 2.45) is 0 Å². The molecular weight excluding hydrogens is 485 g/mol. The Hall–Kier alpha value is -1.61. The van der Waals surface area contributed by atoms with Crippen LogP contribution in [0.25, 0.3) is 0 Å². The van der Waals surface area contributed by atoms with Crippen LogP contribution in [0.5, 0.6) is 0 Å². The molecule has 30 heavy (non-hydrogen) atoms. The third-order valence-electron chi connectivity index (χ3n) is 4.29. The maximum atomic E-state index is 14.4. The molecule has 1 fully saturated rings. The molecular formula is C19H13Cl4FO6. The van der Waals surface area contributed by atoms with Gasteiger partial charge in [-0.05, 0) is 42.8 Å². The average Bonchev–Trinajstić information content (AvgIpc) is 2.93. The van der Waals surface area contributed by atoms with Crippen molar-refractivity contribution in [1.82, 2.24) is 0 Å². The molecule has 6 nitrogen and oxygen atoms in total. The summed E-state index contributed by atoms with van der Waals surface area (Å²) in [5.41, 5.74) is 0.268. The largest absolute Gasteiger partial charge is 0.449 e. The summed E-state index contributed by atoms with van der Waals surface area (Å²) in [4.78, 5) is 24.9. The van der Waals surface area contributed by atoms with Crippen LogP contribution in [0.2, 0.25) is 20.1 Å². The number of aliphatic hydroxyl groups is 1. The van der Waals surface area contributed by atoms with Crippen LogP contribution in [-0.4, -0.2) is 41.9 Å². The van der Waals surface area contributed by atoms with Crippen molar-refractivity contribution in [1.29, 1.82) is 0 Å². The van der Waals surface area contributed by atoms with Crippen molar-refractivity contribution in [3.8, 4) is 0 Å². The van der Waals surface area contributed by atoms with E-state index in [1.165, 1.54) is 30.3 Å². The number of carbonyl (C=O) groups is 2. The second-order valence-corrected chi connectivity index (χ2v) is 7.90. The third kappa shape index (κ3) is 4.66. The molecule has 0 spiro atoms. The number of rotatable bonds is 4. The van der Waals surface area contributed by atoms with Crippen LogP contribution in [0.15, 0.2) is 30.3 Å². The molecule has 3 rings (SSSR count). The summed E-state index contributed by atoms with van der Waals surface area (Å²) in [5.74, 6) is -2.01. The lowest BCUT2D eigenvalue weighted by atomic mass is 10.1. The molecule has 1 aliphatic heterocycles. The highest BCUT2D eigenvalue weighted by atomic mass is 35.5. The summed E-state index contributed by atoms with van der Waals surface area (Å²) in [5, 5.41) is 10.3. The van der Waals surface area contributed by atoms with Gasteiger partial charge in [-0.25, -0.2) is 14.0 Å². The monoisotopic (exact) mass is 496 g/mol. The zero-order chi connectivity index (χ0) is 22.2. The summed E-state index contributed by atoms with van der Waals surface area (Å²) in [6.07, 6.45) is -7.65. The van der Waals surface area contributed by atoms with Crippen molar-refractivity contribution in [2.45, 2.75) is 31.8 Å². The fourth-order valence-corrected chi connectivity index (χ4v) is 3.58. The number of esters is 2. The number of halogens is 5. The maximum Gasteiger partial charge on any atom is 0.342 e. The molecule has 1 N–H and O–H groups in total. The van der Waals surface area contributed by atoms with Gasteiger partial charge in [0.15, 0.2) is 12.5 Å². The van der Waals surface area contributed by atoms with Gasteiger partial charge in [-0.1, -0.05) is 46.4 Å². The van der Waals surface area contributed by atoms with Gasteiger partial charge in [-0.2, -0.15) is 0 Å². The van der Waals surface area contributed by atoms with E-state index in [9.17, 15) is 19.1 Å². The molecule has 0 aliphatic carbocycles. The number of hydrogen-bond acceptors (Lipinski definition) is 6. The van der Waals surface area contributed by atoms with Crippen LogP contribution in [0.1, 0.15) is 26.3 Å². The molecule has 0 saturated carbocycles. The van der Waals surface area contributed by atoms with Gasteiger partial charge in [0.05, 0.1) is 21.2 Å². The lowest BCUT2D eigenvalue weighted by molar-refractivity contribution is -0.181. The highest BCUT2D eigenvalue weighted by Crippen LogP contribution is 2.32. The van der Waals surface area contributed by atoms with Crippen molar-refractivity contribution in [2.75, 3.05) is 0 Å². The van der Waals surface area contributed by atoms with E-state index >= 15 is 0 Å². The Labute approximate surface area is 190 Å². The van der Waals surface area contributed by atoms with E-state index in [-0.39, 0.29) is 26.2 Å². The van der Waals surface area contributed by atoms with Crippen LogP contribution < -0.4 is 0 Å². The Morgan fingerprint density at radius 1 is 1.00 bits per heavy atom. The SMILES string of the molecule is Cc1c(Cl)ccc(C(=O)O[C@H]2OC(O)[C@@H](F)[C@@H]2OC(=O)c2ccc(Cl)cc2Cl)c1Cl. The van der Waals surface area contributed by atoms with E-state index < -0.39 is 36.8 Å². The zero-order valence-corrected chi connectivity index (χ0v) is 18.1. The summed E-state index contributed by atoms with van der Waals surface area (Å²) in [6, 6.07) is 6.71. The Bertz CT molecular complexity index is 1000. The smallest absolute Gasteiger partial charge is 0.342 e. The molecule has 2 aromatic rings. The van der Waals surface area contributed by atoms with Crippen molar-refractivity contribution in [3.63, 3.8) is 0 Å². The van der Waals surface area contributed by atoms with Gasteiger partial charge >= 0.3 is 11.9 Å². The zero-order valence-electron chi connectivity index (χ0n) is 15.1. The highest BCUT2D eigenvalue weighted by molar-refractivity contribution is 6.38. The van der Waals surface area contributed by atoms with Gasteiger partial charge in [-0.3, -0.25) is 0 Å². The molecule has 4 atom stereocenters. The standard InChI is InChI=1S/C19H13Cl4FO6/c1-7-11(21)5-4-10(13(7)23)17(26)29-19-15(14(24)18(27)30-19)28-16(25)9-3-2-8(20)6-12(9)22/h2-6,14-15,18-19,27H,1H3/t14-,15-,18?,19-/m0/s1. The minimum absolute atomic E-state index is 0.0284. The quantitative estimate of drug-likeness (QED) is 0.598. The van der Waals surface area contributed by atoms with Crippen molar-refractivity contribution >= 4 is 58.3 Å². The average molecular weight is 498 g/mol. The Morgan fingerprint density at radius 3 is 2.30 bits per heavy atom. The number of ether oxygens (including phenoxy) is 3. The highest BCUT2D eigenvalue weighted by Gasteiger charge is 2.50. The Morgan fingerprint density at radius 2 is 1.63 bits per heavy atom. The molecule has 1 aliphatic rings. The fourth-order valence-electron chi connectivity index (χ4n) is 2.65. The molecule has 11 heteroatoms. The lowest BCUT2D eigenvalue weighted by Gasteiger charge is -2.20. The van der Waals surface area contributed by atoms with E-state index in [4.69, 9.17) is 60.6 Å². The third-order valence-corrected chi connectivity index (χ3v) is 5.73. The molecule has 0 radical (unpaired) electrons. The number of carbonyl (C=O) groups excluding carboxylic acids is 2. The van der Waals surface area contributed by atoms with Gasteiger partial charge in [0, 0.05) is 10.0 Å². The number of benzene rings is 2. The van der Waals surface area contributed by atoms with Gasteiger partial charge in [-0.15, -0.1) is 0 Å². The fraction of sp³-hybridized carbons (Fsp3) is 0.263. The van der Waals surface area contributed by atoms with E-state index in [2.05, 4.69) is 0 Å². The maximum absolute atomic E-state index is 14.4. The Balaban J connectivity index is 1.79. The van der Waals surface area contributed by atoms with Crippen LogP contribution in [0.3, 0.4) is 0 Å². The summed E-state index contributed by atoms with van der Waals surface area (Å²) in [6.45, 7) is 1.59. The van der Waals surface area contributed by atoms with Crippen LogP contribution >= 0.6 is 46.4 Å². The predicted molar refractivity (Wildman–Crippen MR) is 108 cm³/mol. The molecule has 2 aromatic carbocycles. The van der Waals surface area contributed by atoms with E-state index in [0.717, 1.165) is 0 Å². The van der Waals surface area contributed by atoms with Gasteiger partial charge in [0.2, 0.25) is 12.4 Å². The molecule has 1 heterocycles. The predicted octanol–water partition coefficient (Wildman–Crippen LogP) is 5.00. The first-order chi connectivity index (χ1) is 14.1. The molecule has 1 saturated heterocycles. The summed E-state index contributed by atoms with van der Waals surface area (Å²) < 4.78 is 29.4. The second kappa shape index (κ2) is 9.26. The lowest BCUT2D eigenvalue weighted by Crippen LogP contribution is -2.37. The van der Waals surface area contributed by atoms with Gasteiger partial charge < -0.3 is 19.3 Å². The number of alkyl halides is 1. The first-order valence-electron chi connectivity index (χ1n) is 8.39. The minimum Gasteiger partial charge on any atom is -0.449 e. The number of hydrogen-bond donors (Lipinski definition) is 1. The molecule has 1 unspecified atom stereocenters. The molecule has 160 valence electrons. The molecule has 0 bridgehead atoms. The van der Waals surface area contributed by atoms with E-state index in [0.29, 0.717) is 10.6 Å². The van der Waals surface area contributed by atoms with Crippen LogP contribution in [-0.2, 0) is 14.2 Å². The molecule has 0 amide bonds. The number of aliphatic hydroxyl groups excluding tert-OH is 1. The van der Waals surface area contributed by atoms with Crippen molar-refractivity contribution in [3.05, 3.63) is 67.1 Å². The van der Waals surface area contributed by atoms with Crippen molar-refractivity contribution < 1.29 is 33.3 Å². The second-order valence-electron chi connectivity index (χ2n) is 6.27. The Kier molecular flexibility index (Phi) is 7.12. The van der Waals surface area contributed by atoms with E-state index in [1.54, 1.807) is 6.92 Å². The van der Waals surface area contributed by atoms with Gasteiger partial charge in [0.25, 0.3) is 0 Å². The minimum atomic E-state index is -2.18. The van der Waals surface area contributed by atoms with E-state index in [1.807, 2.05) is 0 Å². The topological polar surface area (TPSA) is 82.1 Å². The van der Waals surface area contributed by atoms with Crippen LogP contribution in [0, 0.1) is 6.92 Å².